The van der Waals surface area contributed by atoms with Crippen LogP contribution >= 0.6 is 0 Å². The predicted molar refractivity (Wildman–Crippen MR) is 55.8 cm³/mol. The van der Waals surface area contributed by atoms with Crippen LogP contribution in [-0.2, 0) is 5.41 Å². The van der Waals surface area contributed by atoms with Gasteiger partial charge in [0.2, 0.25) is 0 Å². The standard InChI is InChI=1S/C11H17N3/c12-9-11(4-2-1-3-5-11)10-8-13-6-7-14-10/h6-8H,1-5,9,12H2. The number of rotatable bonds is 2. The zero-order valence-electron chi connectivity index (χ0n) is 8.45. The van der Waals surface area contributed by atoms with E-state index in [1.54, 1.807) is 12.4 Å². The van der Waals surface area contributed by atoms with Crippen molar-refractivity contribution in [2.24, 2.45) is 5.73 Å². The highest BCUT2D eigenvalue weighted by molar-refractivity contribution is 5.15. The highest BCUT2D eigenvalue weighted by atomic mass is 14.8. The first-order chi connectivity index (χ1) is 6.87. The summed E-state index contributed by atoms with van der Waals surface area (Å²) in [6.45, 7) is 0.700. The van der Waals surface area contributed by atoms with Gasteiger partial charge in [-0.2, -0.15) is 0 Å². The third-order valence-electron chi connectivity index (χ3n) is 3.31. The lowest BCUT2D eigenvalue weighted by atomic mass is 9.72. The fourth-order valence-electron chi connectivity index (χ4n) is 2.37. The molecule has 3 heteroatoms. The fraction of sp³-hybridized carbons (Fsp3) is 0.636. The van der Waals surface area contributed by atoms with Gasteiger partial charge in [0.05, 0.1) is 5.69 Å². The van der Waals surface area contributed by atoms with Crippen molar-refractivity contribution < 1.29 is 0 Å². The van der Waals surface area contributed by atoms with Crippen molar-refractivity contribution in [3.63, 3.8) is 0 Å². The first kappa shape index (κ1) is 9.59. The van der Waals surface area contributed by atoms with Crippen molar-refractivity contribution in [3.05, 3.63) is 24.3 Å². The van der Waals surface area contributed by atoms with Gasteiger partial charge in [0.25, 0.3) is 0 Å². The lowest BCUT2D eigenvalue weighted by Gasteiger charge is -2.35. The Kier molecular flexibility index (Phi) is 2.77. The van der Waals surface area contributed by atoms with Gasteiger partial charge in [-0.25, -0.2) is 0 Å². The molecule has 3 nitrogen and oxygen atoms in total. The van der Waals surface area contributed by atoms with Crippen LogP contribution < -0.4 is 5.73 Å². The van der Waals surface area contributed by atoms with E-state index in [-0.39, 0.29) is 5.41 Å². The summed E-state index contributed by atoms with van der Waals surface area (Å²) in [5.74, 6) is 0. The van der Waals surface area contributed by atoms with Gasteiger partial charge in [0.15, 0.2) is 0 Å². The minimum absolute atomic E-state index is 0.118. The number of aromatic nitrogens is 2. The number of hydrogen-bond donors (Lipinski definition) is 1. The number of nitrogens with two attached hydrogens (primary N) is 1. The fourth-order valence-corrected chi connectivity index (χ4v) is 2.37. The van der Waals surface area contributed by atoms with Crippen molar-refractivity contribution in [2.45, 2.75) is 37.5 Å². The zero-order valence-corrected chi connectivity index (χ0v) is 8.45. The van der Waals surface area contributed by atoms with E-state index in [1.165, 1.54) is 32.1 Å². The summed E-state index contributed by atoms with van der Waals surface area (Å²) >= 11 is 0. The van der Waals surface area contributed by atoms with E-state index in [2.05, 4.69) is 9.97 Å². The van der Waals surface area contributed by atoms with Crippen molar-refractivity contribution >= 4 is 0 Å². The minimum Gasteiger partial charge on any atom is -0.330 e. The Bertz CT molecular complexity index is 278. The van der Waals surface area contributed by atoms with Gasteiger partial charge in [-0.05, 0) is 12.8 Å². The van der Waals surface area contributed by atoms with Crippen LogP contribution in [-0.4, -0.2) is 16.5 Å². The van der Waals surface area contributed by atoms with Gasteiger partial charge in [0.1, 0.15) is 0 Å². The highest BCUT2D eigenvalue weighted by Crippen LogP contribution is 2.37. The number of hydrogen-bond acceptors (Lipinski definition) is 3. The lowest BCUT2D eigenvalue weighted by molar-refractivity contribution is 0.293. The summed E-state index contributed by atoms with van der Waals surface area (Å²) in [5.41, 5.74) is 7.11. The average Bonchev–Trinajstić information content (AvgIpc) is 2.31. The third-order valence-corrected chi connectivity index (χ3v) is 3.31. The van der Waals surface area contributed by atoms with Gasteiger partial charge in [-0.15, -0.1) is 0 Å². The quantitative estimate of drug-likeness (QED) is 0.773. The molecule has 2 rings (SSSR count). The minimum atomic E-state index is 0.118. The molecule has 0 unspecified atom stereocenters. The molecule has 1 heterocycles. The monoisotopic (exact) mass is 191 g/mol. The largest absolute Gasteiger partial charge is 0.330 e. The average molecular weight is 191 g/mol. The zero-order chi connectivity index (χ0) is 9.86. The maximum absolute atomic E-state index is 5.90. The van der Waals surface area contributed by atoms with E-state index >= 15 is 0 Å². The van der Waals surface area contributed by atoms with Gasteiger partial charge in [-0.3, -0.25) is 9.97 Å². The van der Waals surface area contributed by atoms with E-state index in [1.807, 2.05) is 6.20 Å². The Morgan fingerprint density at radius 2 is 2.00 bits per heavy atom. The van der Waals surface area contributed by atoms with Crippen LogP contribution in [0.15, 0.2) is 18.6 Å². The molecule has 1 aliphatic rings. The summed E-state index contributed by atoms with van der Waals surface area (Å²) < 4.78 is 0. The van der Waals surface area contributed by atoms with E-state index in [0.29, 0.717) is 6.54 Å². The Morgan fingerprint density at radius 3 is 2.57 bits per heavy atom. The molecule has 1 aromatic heterocycles. The summed E-state index contributed by atoms with van der Waals surface area (Å²) in [6.07, 6.45) is 11.6. The molecule has 0 radical (unpaired) electrons. The Morgan fingerprint density at radius 1 is 1.21 bits per heavy atom. The molecule has 0 bridgehead atoms. The van der Waals surface area contributed by atoms with Gasteiger partial charge < -0.3 is 5.73 Å². The Labute approximate surface area is 84.8 Å². The van der Waals surface area contributed by atoms with E-state index < -0.39 is 0 Å². The Balaban J connectivity index is 2.27. The second-order valence-corrected chi connectivity index (χ2v) is 4.14. The molecule has 0 aromatic carbocycles. The van der Waals surface area contributed by atoms with Crippen LogP contribution in [0.1, 0.15) is 37.8 Å². The molecule has 1 aromatic rings. The van der Waals surface area contributed by atoms with Gasteiger partial charge >= 0.3 is 0 Å². The van der Waals surface area contributed by atoms with E-state index in [4.69, 9.17) is 5.73 Å². The molecule has 0 atom stereocenters. The smallest absolute Gasteiger partial charge is 0.0660 e. The SMILES string of the molecule is NCC1(c2cnccn2)CCCCC1. The van der Waals surface area contributed by atoms with Crippen LogP contribution in [0.25, 0.3) is 0 Å². The molecular weight excluding hydrogens is 174 g/mol. The highest BCUT2D eigenvalue weighted by Gasteiger charge is 2.33. The van der Waals surface area contributed by atoms with Crippen LogP contribution in [0.2, 0.25) is 0 Å². The topological polar surface area (TPSA) is 51.8 Å². The molecule has 2 N–H and O–H groups in total. The molecule has 0 saturated heterocycles. The second-order valence-electron chi connectivity index (χ2n) is 4.14. The first-order valence-electron chi connectivity index (χ1n) is 5.34. The van der Waals surface area contributed by atoms with Crippen LogP contribution in [0, 0.1) is 0 Å². The molecule has 0 amide bonds. The molecule has 76 valence electrons. The molecular formula is C11H17N3. The molecule has 0 aliphatic heterocycles. The summed E-state index contributed by atoms with van der Waals surface area (Å²) in [6, 6.07) is 0. The molecule has 14 heavy (non-hydrogen) atoms. The lowest BCUT2D eigenvalue weighted by Crippen LogP contribution is -2.38. The van der Waals surface area contributed by atoms with Crippen molar-refractivity contribution in [1.82, 2.24) is 9.97 Å². The van der Waals surface area contributed by atoms with E-state index in [9.17, 15) is 0 Å². The van der Waals surface area contributed by atoms with Gasteiger partial charge in [-0.1, -0.05) is 19.3 Å². The molecule has 1 fully saturated rings. The van der Waals surface area contributed by atoms with Crippen molar-refractivity contribution in [1.29, 1.82) is 0 Å². The maximum Gasteiger partial charge on any atom is 0.0660 e. The normalized spacial score (nSPS) is 20.6. The number of nitrogens with zero attached hydrogens (tertiary/aromatic N) is 2. The molecule has 1 aliphatic carbocycles. The molecule has 0 spiro atoms. The molecule has 1 saturated carbocycles. The predicted octanol–water partition coefficient (Wildman–Crippen LogP) is 1.64. The third kappa shape index (κ3) is 1.64. The van der Waals surface area contributed by atoms with Crippen LogP contribution in [0.4, 0.5) is 0 Å². The summed E-state index contributed by atoms with van der Waals surface area (Å²) in [7, 11) is 0. The van der Waals surface area contributed by atoms with Crippen LogP contribution in [0.5, 0.6) is 0 Å². The van der Waals surface area contributed by atoms with Crippen molar-refractivity contribution in [2.75, 3.05) is 6.54 Å². The second kappa shape index (κ2) is 4.05. The van der Waals surface area contributed by atoms with Gasteiger partial charge in [0, 0.05) is 30.6 Å². The van der Waals surface area contributed by atoms with E-state index in [0.717, 1.165) is 5.69 Å². The van der Waals surface area contributed by atoms with Crippen molar-refractivity contribution in [3.8, 4) is 0 Å². The van der Waals surface area contributed by atoms with Crippen LogP contribution in [0.3, 0.4) is 0 Å². The summed E-state index contributed by atoms with van der Waals surface area (Å²) in [4.78, 5) is 8.54. The summed E-state index contributed by atoms with van der Waals surface area (Å²) in [5, 5.41) is 0. The maximum atomic E-state index is 5.90. The Hall–Kier alpha value is -0.960. The first-order valence-corrected chi connectivity index (χ1v) is 5.34.